The van der Waals surface area contributed by atoms with Crippen LogP contribution in [0.25, 0.3) is 11.5 Å². The number of hydrogen-bond donors (Lipinski definition) is 1. The highest BCUT2D eigenvalue weighted by Crippen LogP contribution is 2.30. The first-order valence-electron chi connectivity index (χ1n) is 7.18. The van der Waals surface area contributed by atoms with Crippen molar-refractivity contribution in [2.75, 3.05) is 6.54 Å². The lowest BCUT2D eigenvalue weighted by atomic mass is 10.1. The molecule has 0 saturated heterocycles. The van der Waals surface area contributed by atoms with Gasteiger partial charge < -0.3 is 9.73 Å². The lowest BCUT2D eigenvalue weighted by Crippen LogP contribution is -2.25. The van der Waals surface area contributed by atoms with Gasteiger partial charge in [0, 0.05) is 12.1 Å². The van der Waals surface area contributed by atoms with Crippen LogP contribution in [0.2, 0.25) is 0 Å². The smallest absolute Gasteiger partial charge is 0.416 e. The number of hydrogen-bond acceptors (Lipinski definition) is 3. The summed E-state index contributed by atoms with van der Waals surface area (Å²) in [6.45, 7) is 4.62. The molecule has 0 radical (unpaired) electrons. The molecule has 0 fully saturated rings. The van der Waals surface area contributed by atoms with Crippen LogP contribution in [0.15, 0.2) is 34.9 Å². The van der Waals surface area contributed by atoms with E-state index in [1.165, 1.54) is 18.4 Å². The molecule has 0 atom stereocenters. The summed E-state index contributed by atoms with van der Waals surface area (Å²) in [5.41, 5.74) is -0.276. The van der Waals surface area contributed by atoms with E-state index in [2.05, 4.69) is 10.3 Å². The molecule has 1 heterocycles. The molecule has 1 aromatic heterocycles. The molecule has 0 aliphatic heterocycles. The summed E-state index contributed by atoms with van der Waals surface area (Å²) in [4.78, 5) is 15.9. The van der Waals surface area contributed by atoms with E-state index in [0.29, 0.717) is 18.0 Å². The number of nitrogens with zero attached hydrogens (tertiary/aromatic N) is 1. The molecule has 1 amide bonds. The normalized spacial score (nSPS) is 11.7. The first kappa shape index (κ1) is 17.1. The number of nitrogens with one attached hydrogen (secondary N) is 1. The zero-order valence-corrected chi connectivity index (χ0v) is 12.8. The minimum atomic E-state index is -4.39. The molecule has 1 N–H and O–H groups in total. The molecule has 0 aliphatic carbocycles. The highest BCUT2D eigenvalue weighted by Gasteiger charge is 2.30. The van der Waals surface area contributed by atoms with E-state index in [1.54, 1.807) is 0 Å². The summed E-state index contributed by atoms with van der Waals surface area (Å²) in [5, 5.41) is 2.71. The second kappa shape index (κ2) is 6.85. The standard InChI is InChI=1S/C16H17F3N2O2/c1-10(2)7-8-20-14(22)13-9-23-15(21-13)11-3-5-12(6-4-11)16(17,18)19/h3-6,9-10H,7-8H2,1-2H3,(H,20,22). The van der Waals surface area contributed by atoms with Crippen molar-refractivity contribution in [1.29, 1.82) is 0 Å². The van der Waals surface area contributed by atoms with Crippen LogP contribution in [0, 0.1) is 5.92 Å². The number of amides is 1. The molecule has 0 unspecified atom stereocenters. The van der Waals surface area contributed by atoms with Crippen molar-refractivity contribution in [1.82, 2.24) is 10.3 Å². The summed E-state index contributed by atoms with van der Waals surface area (Å²) in [5.74, 6) is 0.204. The van der Waals surface area contributed by atoms with E-state index in [0.717, 1.165) is 18.6 Å². The Labute approximate surface area is 131 Å². The molecule has 7 heteroatoms. The van der Waals surface area contributed by atoms with E-state index in [9.17, 15) is 18.0 Å². The van der Waals surface area contributed by atoms with Crippen LogP contribution < -0.4 is 5.32 Å². The van der Waals surface area contributed by atoms with Gasteiger partial charge >= 0.3 is 6.18 Å². The quantitative estimate of drug-likeness (QED) is 0.898. The Morgan fingerprint density at radius 1 is 1.26 bits per heavy atom. The summed E-state index contributed by atoms with van der Waals surface area (Å²) in [7, 11) is 0. The van der Waals surface area contributed by atoms with Crippen molar-refractivity contribution in [3.63, 3.8) is 0 Å². The maximum atomic E-state index is 12.5. The van der Waals surface area contributed by atoms with Gasteiger partial charge in [-0.05, 0) is 36.6 Å². The Morgan fingerprint density at radius 2 is 1.91 bits per heavy atom. The lowest BCUT2D eigenvalue weighted by molar-refractivity contribution is -0.137. The van der Waals surface area contributed by atoms with Crippen molar-refractivity contribution in [2.45, 2.75) is 26.4 Å². The molecule has 0 aliphatic rings. The maximum Gasteiger partial charge on any atom is 0.416 e. The van der Waals surface area contributed by atoms with E-state index >= 15 is 0 Å². The number of carbonyl (C=O) groups is 1. The molecule has 0 spiro atoms. The summed E-state index contributed by atoms with van der Waals surface area (Å²) in [6.07, 6.45) is -2.36. The predicted molar refractivity (Wildman–Crippen MR) is 78.7 cm³/mol. The minimum absolute atomic E-state index is 0.101. The zero-order chi connectivity index (χ0) is 17.0. The van der Waals surface area contributed by atoms with Gasteiger partial charge in [0.25, 0.3) is 5.91 Å². The Hall–Kier alpha value is -2.31. The average molecular weight is 326 g/mol. The number of aromatic nitrogens is 1. The third-order valence-corrected chi connectivity index (χ3v) is 3.20. The largest absolute Gasteiger partial charge is 0.444 e. The first-order chi connectivity index (χ1) is 10.8. The Kier molecular flexibility index (Phi) is 5.08. The fourth-order valence-corrected chi connectivity index (χ4v) is 1.88. The van der Waals surface area contributed by atoms with Gasteiger partial charge in [0.1, 0.15) is 6.26 Å². The summed E-state index contributed by atoms with van der Waals surface area (Å²) in [6, 6.07) is 4.41. The minimum Gasteiger partial charge on any atom is -0.444 e. The van der Waals surface area contributed by atoms with E-state index in [1.807, 2.05) is 13.8 Å². The van der Waals surface area contributed by atoms with Crippen molar-refractivity contribution in [3.8, 4) is 11.5 Å². The van der Waals surface area contributed by atoms with Gasteiger partial charge in [0.2, 0.25) is 5.89 Å². The van der Waals surface area contributed by atoms with Gasteiger partial charge in [0.15, 0.2) is 5.69 Å². The monoisotopic (exact) mass is 326 g/mol. The lowest BCUT2D eigenvalue weighted by Gasteiger charge is -2.06. The highest BCUT2D eigenvalue weighted by molar-refractivity contribution is 5.92. The van der Waals surface area contributed by atoms with Crippen molar-refractivity contribution in [3.05, 3.63) is 41.8 Å². The predicted octanol–water partition coefficient (Wildman–Crippen LogP) is 4.14. The van der Waals surface area contributed by atoms with Gasteiger partial charge in [0.05, 0.1) is 5.56 Å². The van der Waals surface area contributed by atoms with E-state index in [-0.39, 0.29) is 17.5 Å². The van der Waals surface area contributed by atoms with Crippen molar-refractivity contribution >= 4 is 5.91 Å². The molecule has 2 rings (SSSR count). The fraction of sp³-hybridized carbons (Fsp3) is 0.375. The van der Waals surface area contributed by atoms with Crippen LogP contribution >= 0.6 is 0 Å². The molecule has 4 nitrogen and oxygen atoms in total. The van der Waals surface area contributed by atoms with Crippen molar-refractivity contribution < 1.29 is 22.4 Å². The Morgan fingerprint density at radius 3 is 2.48 bits per heavy atom. The second-order valence-corrected chi connectivity index (χ2v) is 5.55. The van der Waals surface area contributed by atoms with Gasteiger partial charge in [-0.3, -0.25) is 4.79 Å². The Bertz CT molecular complexity index is 661. The third kappa shape index (κ3) is 4.58. The van der Waals surface area contributed by atoms with Crippen LogP contribution in [0.3, 0.4) is 0 Å². The average Bonchev–Trinajstić information content (AvgIpc) is 2.96. The van der Waals surface area contributed by atoms with Gasteiger partial charge in [-0.1, -0.05) is 13.8 Å². The van der Waals surface area contributed by atoms with Crippen molar-refractivity contribution in [2.24, 2.45) is 5.92 Å². The summed E-state index contributed by atoms with van der Waals surface area (Å²) >= 11 is 0. The molecule has 1 aromatic carbocycles. The van der Waals surface area contributed by atoms with Gasteiger partial charge in [-0.15, -0.1) is 0 Å². The SMILES string of the molecule is CC(C)CCNC(=O)c1coc(-c2ccc(C(F)(F)F)cc2)n1. The highest BCUT2D eigenvalue weighted by atomic mass is 19.4. The molecular weight excluding hydrogens is 309 g/mol. The van der Waals surface area contributed by atoms with Crippen LogP contribution in [-0.2, 0) is 6.18 Å². The summed E-state index contributed by atoms with van der Waals surface area (Å²) < 4.78 is 42.7. The third-order valence-electron chi connectivity index (χ3n) is 3.20. The van der Waals surface area contributed by atoms with E-state index < -0.39 is 11.7 Å². The molecule has 2 aromatic rings. The number of benzene rings is 1. The first-order valence-corrected chi connectivity index (χ1v) is 7.18. The maximum absolute atomic E-state index is 12.5. The number of oxazole rings is 1. The number of alkyl halides is 3. The zero-order valence-electron chi connectivity index (χ0n) is 12.8. The molecule has 124 valence electrons. The Balaban J connectivity index is 2.05. The molecule has 0 bridgehead atoms. The number of rotatable bonds is 5. The molecule has 0 saturated carbocycles. The second-order valence-electron chi connectivity index (χ2n) is 5.55. The van der Waals surface area contributed by atoms with Gasteiger partial charge in [-0.25, -0.2) is 4.98 Å². The number of carbonyl (C=O) groups excluding carboxylic acids is 1. The topological polar surface area (TPSA) is 55.1 Å². The van der Waals surface area contributed by atoms with Gasteiger partial charge in [-0.2, -0.15) is 13.2 Å². The fourth-order valence-electron chi connectivity index (χ4n) is 1.88. The van der Waals surface area contributed by atoms with Crippen LogP contribution in [0.4, 0.5) is 13.2 Å². The van der Waals surface area contributed by atoms with E-state index in [4.69, 9.17) is 4.42 Å². The van der Waals surface area contributed by atoms with Crippen LogP contribution in [0.1, 0.15) is 36.3 Å². The molecular formula is C16H17F3N2O2. The van der Waals surface area contributed by atoms with Crippen LogP contribution in [-0.4, -0.2) is 17.4 Å². The van der Waals surface area contributed by atoms with Crippen LogP contribution in [0.5, 0.6) is 0 Å². The molecule has 23 heavy (non-hydrogen) atoms. The number of halogens is 3.